The van der Waals surface area contributed by atoms with Crippen LogP contribution in [0.5, 0.6) is 0 Å². The molecule has 1 saturated heterocycles. The summed E-state index contributed by atoms with van der Waals surface area (Å²) in [4.78, 5) is 23.3. The maximum atomic E-state index is 11.0. The number of hydrogen-bond donors (Lipinski definition) is 0. The highest BCUT2D eigenvalue weighted by Crippen LogP contribution is 2.22. The van der Waals surface area contributed by atoms with E-state index in [9.17, 15) is 9.59 Å². The lowest BCUT2D eigenvalue weighted by atomic mass is 10.1. The quantitative estimate of drug-likeness (QED) is 0.469. The Hall–Kier alpha value is -1.06. The van der Waals surface area contributed by atoms with Gasteiger partial charge >= 0.3 is 5.97 Å². The van der Waals surface area contributed by atoms with E-state index in [0.717, 1.165) is 0 Å². The van der Waals surface area contributed by atoms with E-state index in [-0.39, 0.29) is 18.6 Å². The van der Waals surface area contributed by atoms with Crippen LogP contribution in [0.25, 0.3) is 0 Å². The molecule has 1 aliphatic rings. The zero-order chi connectivity index (χ0) is 8.65. The highest BCUT2D eigenvalue weighted by atomic mass is 16.6. The van der Waals surface area contributed by atoms with Crippen LogP contribution in [0.2, 0.25) is 0 Å². The molecule has 1 fully saturated rings. The second-order valence-electron chi connectivity index (χ2n) is 3.07. The van der Waals surface area contributed by atoms with Crippen molar-refractivity contribution in [3.63, 3.8) is 0 Å². The maximum Gasteiger partial charge on any atom is 0.333 e. The average molecular weight is 157 g/mol. The van der Waals surface area contributed by atoms with E-state index in [4.69, 9.17) is 4.74 Å². The Morgan fingerprint density at radius 2 is 2.18 bits per heavy atom. The van der Waals surface area contributed by atoms with E-state index in [0.29, 0.717) is 0 Å². The number of amides is 1. The molecule has 0 N–H and O–H groups in total. The van der Waals surface area contributed by atoms with E-state index in [2.05, 4.69) is 0 Å². The lowest BCUT2D eigenvalue weighted by molar-refractivity contribution is -0.142. The van der Waals surface area contributed by atoms with Gasteiger partial charge in [-0.2, -0.15) is 0 Å². The summed E-state index contributed by atoms with van der Waals surface area (Å²) in [7, 11) is 0. The maximum absolute atomic E-state index is 11.0. The Kier molecular flexibility index (Phi) is 1.62. The molecule has 11 heavy (non-hydrogen) atoms. The molecule has 0 saturated carbocycles. The largest absolute Gasteiger partial charge is 0.442 e. The first kappa shape index (κ1) is 8.04. The number of carbonyl (C=O) groups is 2. The summed E-state index contributed by atoms with van der Waals surface area (Å²) in [6.45, 7) is 4.85. The highest BCUT2D eigenvalue weighted by molar-refractivity contribution is 5.88. The van der Waals surface area contributed by atoms with E-state index < -0.39 is 5.54 Å². The van der Waals surface area contributed by atoms with E-state index in [1.807, 2.05) is 0 Å². The molecular formula is C7H11NO3. The Labute approximate surface area is 65.1 Å². The van der Waals surface area contributed by atoms with E-state index >= 15 is 0 Å². The van der Waals surface area contributed by atoms with Crippen molar-refractivity contribution in [2.75, 3.05) is 6.73 Å². The van der Waals surface area contributed by atoms with Crippen molar-refractivity contribution < 1.29 is 14.3 Å². The van der Waals surface area contributed by atoms with Gasteiger partial charge in [0.2, 0.25) is 5.91 Å². The van der Waals surface area contributed by atoms with Crippen LogP contribution in [-0.2, 0) is 14.3 Å². The van der Waals surface area contributed by atoms with Gasteiger partial charge in [-0.05, 0) is 13.8 Å². The third-order valence-corrected chi connectivity index (χ3v) is 1.88. The Morgan fingerprint density at radius 1 is 1.64 bits per heavy atom. The van der Waals surface area contributed by atoms with Gasteiger partial charge in [-0.15, -0.1) is 0 Å². The standard InChI is InChI=1S/C7H11NO3/c1-5(9)8-4-11-6(10)7(8,2)3/h4H2,1-3H3. The summed E-state index contributed by atoms with van der Waals surface area (Å²) in [5.41, 5.74) is -0.786. The number of cyclic esters (lactones) is 1. The Bertz CT molecular complexity index is 210. The second kappa shape index (κ2) is 2.22. The van der Waals surface area contributed by atoms with Gasteiger partial charge in [-0.25, -0.2) is 4.79 Å². The molecular weight excluding hydrogens is 146 g/mol. The van der Waals surface area contributed by atoms with Crippen LogP contribution >= 0.6 is 0 Å². The molecule has 1 amide bonds. The molecule has 0 aromatic carbocycles. The minimum atomic E-state index is -0.786. The molecule has 4 heteroatoms. The summed E-state index contributed by atoms with van der Waals surface area (Å²) < 4.78 is 4.71. The van der Waals surface area contributed by atoms with Crippen molar-refractivity contribution in [2.45, 2.75) is 26.3 Å². The number of carbonyl (C=O) groups excluding carboxylic acids is 2. The van der Waals surface area contributed by atoms with Crippen LogP contribution in [0.1, 0.15) is 20.8 Å². The van der Waals surface area contributed by atoms with Crippen molar-refractivity contribution >= 4 is 11.9 Å². The third kappa shape index (κ3) is 1.08. The fourth-order valence-electron chi connectivity index (χ4n) is 1.06. The van der Waals surface area contributed by atoms with Crippen LogP contribution in [0.3, 0.4) is 0 Å². The van der Waals surface area contributed by atoms with Crippen LogP contribution in [0.15, 0.2) is 0 Å². The van der Waals surface area contributed by atoms with Crippen LogP contribution in [-0.4, -0.2) is 29.0 Å². The van der Waals surface area contributed by atoms with Crippen LogP contribution < -0.4 is 0 Å². The van der Waals surface area contributed by atoms with E-state index in [1.54, 1.807) is 13.8 Å². The summed E-state index contributed by atoms with van der Waals surface area (Å²) >= 11 is 0. The monoisotopic (exact) mass is 157 g/mol. The summed E-state index contributed by atoms with van der Waals surface area (Å²) in [5.74, 6) is -0.478. The van der Waals surface area contributed by atoms with Crippen LogP contribution in [0.4, 0.5) is 0 Å². The van der Waals surface area contributed by atoms with Crippen molar-refractivity contribution in [1.82, 2.24) is 4.90 Å². The third-order valence-electron chi connectivity index (χ3n) is 1.88. The van der Waals surface area contributed by atoms with Crippen molar-refractivity contribution in [2.24, 2.45) is 0 Å². The van der Waals surface area contributed by atoms with Gasteiger partial charge in [-0.1, -0.05) is 0 Å². The van der Waals surface area contributed by atoms with Crippen molar-refractivity contribution in [3.05, 3.63) is 0 Å². The molecule has 1 rings (SSSR count). The number of nitrogens with zero attached hydrogens (tertiary/aromatic N) is 1. The normalized spacial score (nSPS) is 21.7. The molecule has 0 spiro atoms. The highest BCUT2D eigenvalue weighted by Gasteiger charge is 2.43. The molecule has 0 aliphatic carbocycles. The first-order chi connectivity index (χ1) is 4.96. The van der Waals surface area contributed by atoms with Gasteiger partial charge in [0.15, 0.2) is 6.73 Å². The smallest absolute Gasteiger partial charge is 0.333 e. The molecule has 62 valence electrons. The summed E-state index contributed by atoms with van der Waals surface area (Å²) in [6.07, 6.45) is 0. The van der Waals surface area contributed by atoms with Crippen LogP contribution in [0, 0.1) is 0 Å². The van der Waals surface area contributed by atoms with Gasteiger partial charge in [0, 0.05) is 6.92 Å². The summed E-state index contributed by atoms with van der Waals surface area (Å²) in [5, 5.41) is 0. The molecule has 1 heterocycles. The topological polar surface area (TPSA) is 46.6 Å². The zero-order valence-corrected chi connectivity index (χ0v) is 6.88. The molecule has 4 nitrogen and oxygen atoms in total. The molecule has 0 bridgehead atoms. The minimum absolute atomic E-state index is 0.0845. The molecule has 0 atom stereocenters. The Balaban J connectivity index is 2.87. The molecule has 0 aromatic rings. The number of hydrogen-bond acceptors (Lipinski definition) is 3. The molecule has 0 radical (unpaired) electrons. The predicted molar refractivity (Wildman–Crippen MR) is 37.6 cm³/mol. The van der Waals surface area contributed by atoms with E-state index in [1.165, 1.54) is 11.8 Å². The summed E-state index contributed by atoms with van der Waals surface area (Å²) in [6, 6.07) is 0. The fourth-order valence-corrected chi connectivity index (χ4v) is 1.06. The predicted octanol–water partition coefficient (Wildman–Crippen LogP) is 0.128. The Morgan fingerprint density at radius 3 is 2.36 bits per heavy atom. The average Bonchev–Trinajstić information content (AvgIpc) is 2.08. The van der Waals surface area contributed by atoms with Gasteiger partial charge in [0.1, 0.15) is 5.54 Å². The molecule has 0 unspecified atom stereocenters. The minimum Gasteiger partial charge on any atom is -0.442 e. The first-order valence-corrected chi connectivity index (χ1v) is 3.41. The molecule has 1 aliphatic heterocycles. The lowest BCUT2D eigenvalue weighted by Crippen LogP contribution is -2.45. The fraction of sp³-hybridized carbons (Fsp3) is 0.714. The van der Waals surface area contributed by atoms with Crippen molar-refractivity contribution in [1.29, 1.82) is 0 Å². The number of ether oxygens (including phenoxy) is 1. The van der Waals surface area contributed by atoms with Gasteiger partial charge in [-0.3, -0.25) is 9.69 Å². The lowest BCUT2D eigenvalue weighted by Gasteiger charge is -2.24. The zero-order valence-electron chi connectivity index (χ0n) is 6.88. The number of rotatable bonds is 0. The van der Waals surface area contributed by atoms with Gasteiger partial charge in [0.25, 0.3) is 0 Å². The van der Waals surface area contributed by atoms with Gasteiger partial charge < -0.3 is 4.74 Å². The second-order valence-corrected chi connectivity index (χ2v) is 3.07. The molecule has 0 aromatic heterocycles. The SMILES string of the molecule is CC(=O)N1COC(=O)C1(C)C. The van der Waals surface area contributed by atoms with Crippen molar-refractivity contribution in [3.8, 4) is 0 Å². The van der Waals surface area contributed by atoms with Gasteiger partial charge in [0.05, 0.1) is 0 Å². The first-order valence-electron chi connectivity index (χ1n) is 3.41. The number of esters is 1.